The molecule has 8 heteroatoms. The lowest BCUT2D eigenvalue weighted by atomic mass is 10.2. The Morgan fingerprint density at radius 3 is 2.55 bits per heavy atom. The molecule has 1 aromatic carbocycles. The third-order valence-corrected chi connectivity index (χ3v) is 2.84. The summed E-state index contributed by atoms with van der Waals surface area (Å²) in [6.07, 6.45) is 1.49. The van der Waals surface area contributed by atoms with E-state index < -0.39 is 11.6 Å². The second kappa shape index (κ2) is 8.66. The molecule has 0 aliphatic carbocycles. The molecule has 120 valence electrons. The summed E-state index contributed by atoms with van der Waals surface area (Å²) >= 11 is 0. The van der Waals surface area contributed by atoms with Gasteiger partial charge in [-0.3, -0.25) is 4.99 Å². The minimum Gasteiger partial charge on any atom is -0.364 e. The van der Waals surface area contributed by atoms with E-state index in [1.54, 1.807) is 13.1 Å². The summed E-state index contributed by atoms with van der Waals surface area (Å²) in [5, 5.41) is 6.85. The molecule has 1 aromatic heterocycles. The fourth-order valence-corrected chi connectivity index (χ4v) is 1.92. The van der Waals surface area contributed by atoms with Gasteiger partial charge in [-0.25, -0.2) is 8.78 Å². The summed E-state index contributed by atoms with van der Waals surface area (Å²) < 4.78 is 31.0. The van der Waals surface area contributed by atoms with Gasteiger partial charge in [-0.15, -0.1) is 24.0 Å². The van der Waals surface area contributed by atoms with Gasteiger partial charge in [0.05, 0.1) is 6.54 Å². The zero-order valence-corrected chi connectivity index (χ0v) is 14.5. The van der Waals surface area contributed by atoms with E-state index in [2.05, 4.69) is 15.5 Å². The number of halogens is 3. The number of aliphatic imine (C=N–C) groups is 1. The van der Waals surface area contributed by atoms with Crippen LogP contribution in [0.1, 0.15) is 11.3 Å². The van der Waals surface area contributed by atoms with Gasteiger partial charge in [-0.2, -0.15) is 0 Å². The van der Waals surface area contributed by atoms with Crippen LogP contribution in [0.2, 0.25) is 0 Å². The fraction of sp³-hybridized carbons (Fsp3) is 0.286. The van der Waals surface area contributed by atoms with E-state index in [1.807, 2.05) is 11.9 Å². The maximum absolute atomic E-state index is 13.1. The molecule has 0 fully saturated rings. The quantitative estimate of drug-likeness (QED) is 0.468. The molecule has 0 aliphatic heterocycles. The van der Waals surface area contributed by atoms with Crippen LogP contribution < -0.4 is 5.32 Å². The van der Waals surface area contributed by atoms with E-state index in [0.29, 0.717) is 18.1 Å². The lowest BCUT2D eigenvalue weighted by Crippen LogP contribution is -2.38. The maximum Gasteiger partial charge on any atom is 0.194 e. The van der Waals surface area contributed by atoms with Crippen molar-refractivity contribution in [3.63, 3.8) is 0 Å². The predicted molar refractivity (Wildman–Crippen MR) is 89.9 cm³/mol. The van der Waals surface area contributed by atoms with Crippen molar-refractivity contribution >= 4 is 29.9 Å². The summed E-state index contributed by atoms with van der Waals surface area (Å²) in [5.74, 6) is -0.613. The molecule has 0 atom stereocenters. The zero-order valence-electron chi connectivity index (χ0n) is 12.2. The number of nitrogens with zero attached hydrogens (tertiary/aromatic N) is 3. The highest BCUT2D eigenvalue weighted by Crippen LogP contribution is 2.08. The van der Waals surface area contributed by atoms with Gasteiger partial charge >= 0.3 is 0 Å². The van der Waals surface area contributed by atoms with Crippen LogP contribution in [-0.2, 0) is 13.1 Å². The standard InChI is InChI=1S/C14H16F2N4O.HI/c1-17-14(20(2)9-13-3-4-21-19-13)18-8-10-5-11(15)7-12(16)6-10;/h3-7H,8-9H2,1-2H3,(H,17,18);1H. The summed E-state index contributed by atoms with van der Waals surface area (Å²) in [6, 6.07) is 5.16. The predicted octanol–water partition coefficient (Wildman–Crippen LogP) is 2.78. The van der Waals surface area contributed by atoms with Crippen LogP contribution in [0.4, 0.5) is 8.78 Å². The fourth-order valence-electron chi connectivity index (χ4n) is 1.92. The minimum absolute atomic E-state index is 0. The Bertz CT molecular complexity index is 599. The lowest BCUT2D eigenvalue weighted by Gasteiger charge is -2.21. The Balaban J connectivity index is 0.00000242. The van der Waals surface area contributed by atoms with E-state index in [4.69, 9.17) is 4.52 Å². The van der Waals surface area contributed by atoms with E-state index in [-0.39, 0.29) is 30.5 Å². The second-order valence-electron chi connectivity index (χ2n) is 4.53. The highest BCUT2D eigenvalue weighted by Gasteiger charge is 2.09. The smallest absolute Gasteiger partial charge is 0.194 e. The Morgan fingerprint density at radius 1 is 1.32 bits per heavy atom. The highest BCUT2D eigenvalue weighted by molar-refractivity contribution is 14.0. The van der Waals surface area contributed by atoms with Gasteiger partial charge in [0.2, 0.25) is 0 Å². The summed E-state index contributed by atoms with van der Waals surface area (Å²) in [7, 11) is 3.46. The number of hydrogen-bond donors (Lipinski definition) is 1. The van der Waals surface area contributed by atoms with E-state index >= 15 is 0 Å². The Hall–Kier alpha value is -1.71. The van der Waals surface area contributed by atoms with Crippen molar-refractivity contribution in [2.45, 2.75) is 13.1 Å². The summed E-state index contributed by atoms with van der Waals surface area (Å²) in [5.41, 5.74) is 1.26. The molecule has 0 unspecified atom stereocenters. The molecule has 1 N–H and O–H groups in total. The number of aromatic nitrogens is 1. The van der Waals surface area contributed by atoms with Crippen LogP contribution in [0.3, 0.4) is 0 Å². The molecule has 0 bridgehead atoms. The average molecular weight is 422 g/mol. The number of guanidine groups is 1. The molecule has 0 spiro atoms. The van der Waals surface area contributed by atoms with Crippen molar-refractivity contribution in [2.75, 3.05) is 14.1 Å². The van der Waals surface area contributed by atoms with Crippen molar-refractivity contribution in [2.24, 2.45) is 4.99 Å². The van der Waals surface area contributed by atoms with Gasteiger partial charge in [0.25, 0.3) is 0 Å². The molecule has 2 rings (SSSR count). The minimum atomic E-state index is -0.599. The number of hydrogen-bond acceptors (Lipinski definition) is 3. The van der Waals surface area contributed by atoms with Crippen LogP contribution in [0.15, 0.2) is 40.0 Å². The molecule has 2 aromatic rings. The molecule has 0 amide bonds. The second-order valence-corrected chi connectivity index (χ2v) is 4.53. The van der Waals surface area contributed by atoms with E-state index in [1.165, 1.54) is 18.4 Å². The first kappa shape index (κ1) is 18.3. The Kier molecular flexibility index (Phi) is 7.22. The third kappa shape index (κ3) is 5.24. The normalized spacial score (nSPS) is 11.0. The number of benzene rings is 1. The molecule has 22 heavy (non-hydrogen) atoms. The third-order valence-electron chi connectivity index (χ3n) is 2.84. The molecule has 0 radical (unpaired) electrons. The zero-order chi connectivity index (χ0) is 15.2. The Labute approximate surface area is 144 Å². The van der Waals surface area contributed by atoms with Gasteiger partial charge in [0, 0.05) is 32.8 Å². The van der Waals surface area contributed by atoms with Crippen molar-refractivity contribution in [3.05, 3.63) is 53.4 Å². The van der Waals surface area contributed by atoms with Crippen molar-refractivity contribution in [3.8, 4) is 0 Å². The molecule has 1 heterocycles. The summed E-state index contributed by atoms with van der Waals surface area (Å²) in [6.45, 7) is 0.776. The summed E-state index contributed by atoms with van der Waals surface area (Å²) in [4.78, 5) is 5.94. The van der Waals surface area contributed by atoms with Crippen LogP contribution in [0.5, 0.6) is 0 Å². The van der Waals surface area contributed by atoms with Crippen LogP contribution >= 0.6 is 24.0 Å². The van der Waals surface area contributed by atoms with Gasteiger partial charge in [0.1, 0.15) is 23.6 Å². The van der Waals surface area contributed by atoms with E-state index in [0.717, 1.165) is 11.8 Å². The monoisotopic (exact) mass is 422 g/mol. The van der Waals surface area contributed by atoms with Crippen LogP contribution in [0, 0.1) is 11.6 Å². The first-order chi connectivity index (χ1) is 10.1. The molecule has 5 nitrogen and oxygen atoms in total. The highest BCUT2D eigenvalue weighted by atomic mass is 127. The van der Waals surface area contributed by atoms with Crippen molar-refractivity contribution in [1.82, 2.24) is 15.4 Å². The van der Waals surface area contributed by atoms with E-state index in [9.17, 15) is 8.78 Å². The SMILES string of the molecule is CN=C(NCc1cc(F)cc(F)c1)N(C)Cc1ccon1.I. The lowest BCUT2D eigenvalue weighted by molar-refractivity contribution is 0.391. The van der Waals surface area contributed by atoms with Gasteiger partial charge < -0.3 is 14.7 Å². The molecule has 0 saturated carbocycles. The van der Waals surface area contributed by atoms with Gasteiger partial charge in [-0.1, -0.05) is 5.16 Å². The molecule has 0 saturated heterocycles. The first-order valence-corrected chi connectivity index (χ1v) is 6.34. The van der Waals surface area contributed by atoms with Crippen molar-refractivity contribution < 1.29 is 13.3 Å². The topological polar surface area (TPSA) is 53.7 Å². The van der Waals surface area contributed by atoms with Crippen molar-refractivity contribution in [1.29, 1.82) is 0 Å². The maximum atomic E-state index is 13.1. The average Bonchev–Trinajstić information content (AvgIpc) is 2.91. The molecule has 0 aliphatic rings. The van der Waals surface area contributed by atoms with Crippen LogP contribution in [-0.4, -0.2) is 30.1 Å². The first-order valence-electron chi connectivity index (χ1n) is 6.34. The molecular weight excluding hydrogens is 405 g/mol. The largest absolute Gasteiger partial charge is 0.364 e. The van der Waals surface area contributed by atoms with Gasteiger partial charge in [0.15, 0.2) is 5.96 Å². The molecular formula is C14H17F2IN4O. The number of rotatable bonds is 4. The van der Waals surface area contributed by atoms with Crippen LogP contribution in [0.25, 0.3) is 0 Å². The number of nitrogens with one attached hydrogen (secondary N) is 1. The van der Waals surface area contributed by atoms with Gasteiger partial charge in [-0.05, 0) is 17.7 Å². The Morgan fingerprint density at radius 2 is 2.00 bits per heavy atom.